The van der Waals surface area contributed by atoms with Gasteiger partial charge < -0.3 is 10.5 Å². The third-order valence-electron chi connectivity index (χ3n) is 4.28. The lowest BCUT2D eigenvalue weighted by atomic mass is 9.85. The predicted octanol–water partition coefficient (Wildman–Crippen LogP) is 3.98. The Morgan fingerprint density at radius 1 is 1.26 bits per heavy atom. The Hall–Kier alpha value is -0.900. The zero-order valence-corrected chi connectivity index (χ0v) is 12.8. The van der Waals surface area contributed by atoms with E-state index >= 15 is 0 Å². The minimum atomic E-state index is -0.205. The van der Waals surface area contributed by atoms with Gasteiger partial charge in [-0.15, -0.1) is 11.3 Å². The van der Waals surface area contributed by atoms with Crippen LogP contribution in [-0.4, -0.2) is 18.8 Å². The van der Waals surface area contributed by atoms with E-state index < -0.39 is 0 Å². The van der Waals surface area contributed by atoms with Crippen molar-refractivity contribution in [1.29, 1.82) is 0 Å². The molecule has 0 spiro atoms. The lowest BCUT2D eigenvalue weighted by Crippen LogP contribution is -2.50. The number of fused-ring (bicyclic) bond motifs is 1. The number of thiophene rings is 1. The normalized spacial score (nSPS) is 13.9. The molecule has 0 aliphatic rings. The molecule has 0 saturated carbocycles. The Morgan fingerprint density at radius 3 is 2.58 bits per heavy atom. The summed E-state index contributed by atoms with van der Waals surface area (Å²) in [6, 6.07) is 8.55. The molecule has 0 amide bonds. The van der Waals surface area contributed by atoms with Crippen molar-refractivity contribution in [2.75, 3.05) is 7.11 Å². The Labute approximate surface area is 119 Å². The molecule has 3 heteroatoms. The van der Waals surface area contributed by atoms with E-state index in [-0.39, 0.29) is 11.6 Å². The first kappa shape index (κ1) is 14.5. The Kier molecular flexibility index (Phi) is 4.61. The zero-order valence-electron chi connectivity index (χ0n) is 12.0. The summed E-state index contributed by atoms with van der Waals surface area (Å²) in [5.74, 6) is 0. The fourth-order valence-electron chi connectivity index (χ4n) is 2.83. The molecule has 1 aromatic carbocycles. The molecule has 2 nitrogen and oxygen atoms in total. The number of benzene rings is 1. The van der Waals surface area contributed by atoms with Crippen molar-refractivity contribution in [2.24, 2.45) is 5.73 Å². The van der Waals surface area contributed by atoms with Crippen molar-refractivity contribution in [3.05, 3.63) is 35.2 Å². The largest absolute Gasteiger partial charge is 0.377 e. The monoisotopic (exact) mass is 277 g/mol. The summed E-state index contributed by atoms with van der Waals surface area (Å²) >= 11 is 1.79. The van der Waals surface area contributed by atoms with Crippen molar-refractivity contribution in [1.82, 2.24) is 0 Å². The van der Waals surface area contributed by atoms with Gasteiger partial charge in [-0.2, -0.15) is 0 Å². The molecular formula is C16H23NOS. The summed E-state index contributed by atoms with van der Waals surface area (Å²) in [5, 5.41) is 3.57. The molecular weight excluding hydrogens is 254 g/mol. The number of ether oxygens (including phenoxy) is 1. The molecule has 2 rings (SSSR count). The van der Waals surface area contributed by atoms with Crippen LogP contribution in [0.3, 0.4) is 0 Å². The molecule has 0 aliphatic heterocycles. The van der Waals surface area contributed by atoms with Gasteiger partial charge in [0.05, 0.1) is 5.60 Å². The molecule has 2 N–H and O–H groups in total. The fourth-order valence-corrected chi connectivity index (χ4v) is 3.80. The highest BCUT2D eigenvalue weighted by Gasteiger charge is 2.33. The number of hydrogen-bond donors (Lipinski definition) is 1. The van der Waals surface area contributed by atoms with Crippen molar-refractivity contribution in [3.8, 4) is 0 Å². The predicted molar refractivity (Wildman–Crippen MR) is 83.8 cm³/mol. The van der Waals surface area contributed by atoms with Gasteiger partial charge in [0.25, 0.3) is 0 Å². The van der Waals surface area contributed by atoms with Crippen LogP contribution in [0.4, 0.5) is 0 Å². The van der Waals surface area contributed by atoms with Crippen LogP contribution in [0.1, 0.15) is 32.3 Å². The molecule has 1 unspecified atom stereocenters. The Bertz CT molecular complexity index is 522. The number of methoxy groups -OCH3 is 1. The van der Waals surface area contributed by atoms with E-state index in [1.165, 1.54) is 15.6 Å². The number of nitrogens with two attached hydrogens (primary N) is 1. The summed E-state index contributed by atoms with van der Waals surface area (Å²) in [7, 11) is 1.78. The second kappa shape index (κ2) is 6.04. The molecule has 0 saturated heterocycles. The summed E-state index contributed by atoms with van der Waals surface area (Å²) in [6.07, 6.45) is 2.77. The van der Waals surface area contributed by atoms with E-state index in [9.17, 15) is 0 Å². The summed E-state index contributed by atoms with van der Waals surface area (Å²) in [5.41, 5.74) is 7.58. The van der Waals surface area contributed by atoms with Crippen molar-refractivity contribution in [3.63, 3.8) is 0 Å². The van der Waals surface area contributed by atoms with Crippen LogP contribution in [0.5, 0.6) is 0 Å². The first-order valence-corrected chi connectivity index (χ1v) is 7.80. The average molecular weight is 277 g/mol. The lowest BCUT2D eigenvalue weighted by molar-refractivity contribution is -0.0373. The molecule has 0 radical (unpaired) electrons. The van der Waals surface area contributed by atoms with Crippen LogP contribution in [0.2, 0.25) is 0 Å². The number of rotatable bonds is 6. The van der Waals surface area contributed by atoms with Gasteiger partial charge in [0.15, 0.2) is 0 Å². The maximum Gasteiger partial charge on any atom is 0.0826 e. The van der Waals surface area contributed by atoms with Gasteiger partial charge in [0, 0.05) is 17.9 Å². The first-order chi connectivity index (χ1) is 9.16. The quantitative estimate of drug-likeness (QED) is 0.867. The molecule has 0 fully saturated rings. The van der Waals surface area contributed by atoms with Crippen LogP contribution in [0.25, 0.3) is 10.1 Å². The SMILES string of the molecule is CCC(CC)(OC)C(N)Cc1csc2ccccc12. The van der Waals surface area contributed by atoms with Crippen molar-refractivity contribution < 1.29 is 4.74 Å². The van der Waals surface area contributed by atoms with E-state index in [2.05, 4.69) is 43.5 Å². The Morgan fingerprint density at radius 2 is 1.95 bits per heavy atom. The highest BCUT2D eigenvalue weighted by atomic mass is 32.1. The molecule has 104 valence electrons. The van der Waals surface area contributed by atoms with E-state index in [0.29, 0.717) is 0 Å². The number of hydrogen-bond acceptors (Lipinski definition) is 3. The molecule has 0 aliphatic carbocycles. The highest BCUT2D eigenvalue weighted by Crippen LogP contribution is 2.30. The van der Waals surface area contributed by atoms with E-state index in [0.717, 1.165) is 19.3 Å². The smallest absolute Gasteiger partial charge is 0.0826 e. The molecule has 1 aromatic heterocycles. The van der Waals surface area contributed by atoms with Crippen LogP contribution in [0, 0.1) is 0 Å². The molecule has 1 heterocycles. The summed E-state index contributed by atoms with van der Waals surface area (Å²) < 4.78 is 7.07. The lowest BCUT2D eigenvalue weighted by Gasteiger charge is -2.36. The maximum absolute atomic E-state index is 6.45. The van der Waals surface area contributed by atoms with Gasteiger partial charge in [0.1, 0.15) is 0 Å². The maximum atomic E-state index is 6.45. The molecule has 2 aromatic rings. The van der Waals surface area contributed by atoms with Crippen molar-refractivity contribution >= 4 is 21.4 Å². The van der Waals surface area contributed by atoms with Gasteiger partial charge >= 0.3 is 0 Å². The van der Waals surface area contributed by atoms with Gasteiger partial charge in [-0.1, -0.05) is 32.0 Å². The first-order valence-electron chi connectivity index (χ1n) is 6.92. The van der Waals surface area contributed by atoms with Gasteiger partial charge in [-0.25, -0.2) is 0 Å². The topological polar surface area (TPSA) is 35.2 Å². The summed E-state index contributed by atoms with van der Waals surface area (Å²) in [6.45, 7) is 4.30. The third kappa shape index (κ3) is 2.69. The van der Waals surface area contributed by atoms with Gasteiger partial charge in [-0.05, 0) is 41.7 Å². The highest BCUT2D eigenvalue weighted by molar-refractivity contribution is 7.17. The van der Waals surface area contributed by atoms with Crippen molar-refractivity contribution in [2.45, 2.75) is 44.8 Å². The van der Waals surface area contributed by atoms with Gasteiger partial charge in [-0.3, -0.25) is 0 Å². The standard InChI is InChI=1S/C16H23NOS/c1-4-16(5-2,18-3)15(17)10-12-11-19-14-9-7-6-8-13(12)14/h6-9,11,15H,4-5,10,17H2,1-3H3. The van der Waals surface area contributed by atoms with E-state index in [1.54, 1.807) is 18.4 Å². The molecule has 1 atom stereocenters. The van der Waals surface area contributed by atoms with E-state index in [1.807, 2.05) is 0 Å². The van der Waals surface area contributed by atoms with Gasteiger partial charge in [0.2, 0.25) is 0 Å². The fraction of sp³-hybridized carbons (Fsp3) is 0.500. The minimum Gasteiger partial charge on any atom is -0.377 e. The third-order valence-corrected chi connectivity index (χ3v) is 5.29. The van der Waals surface area contributed by atoms with E-state index in [4.69, 9.17) is 10.5 Å². The average Bonchev–Trinajstić information content (AvgIpc) is 2.85. The van der Waals surface area contributed by atoms with Crippen LogP contribution in [0.15, 0.2) is 29.6 Å². The zero-order chi connectivity index (χ0) is 13.9. The minimum absolute atomic E-state index is 0.0329. The molecule has 19 heavy (non-hydrogen) atoms. The second-order valence-electron chi connectivity index (χ2n) is 5.04. The van der Waals surface area contributed by atoms with Crippen LogP contribution in [-0.2, 0) is 11.2 Å². The van der Waals surface area contributed by atoms with Crippen LogP contribution < -0.4 is 5.73 Å². The molecule has 0 bridgehead atoms. The second-order valence-corrected chi connectivity index (χ2v) is 5.95. The Balaban J connectivity index is 2.25. The van der Waals surface area contributed by atoms with Crippen LogP contribution >= 0.6 is 11.3 Å². The summed E-state index contributed by atoms with van der Waals surface area (Å²) in [4.78, 5) is 0.